The Hall–Kier alpha value is -2.22. The number of pyridine rings is 2. The highest BCUT2D eigenvalue weighted by molar-refractivity contribution is 7.80. The molecule has 0 aliphatic heterocycles. The lowest BCUT2D eigenvalue weighted by Gasteiger charge is -2.13. The van der Waals surface area contributed by atoms with Crippen LogP contribution in [0.5, 0.6) is 0 Å². The van der Waals surface area contributed by atoms with Gasteiger partial charge in [-0.3, -0.25) is 4.98 Å². The van der Waals surface area contributed by atoms with Crippen molar-refractivity contribution in [3.63, 3.8) is 0 Å². The first-order chi connectivity index (χ1) is 9.88. The van der Waals surface area contributed by atoms with Crippen molar-refractivity contribution in [3.05, 3.63) is 53.5 Å². The second-order valence-corrected chi connectivity index (χ2v) is 4.60. The number of hydrogen-bond acceptors (Lipinski definition) is 4. The zero-order valence-corrected chi connectivity index (χ0v) is 11.5. The molecule has 2 aromatic heterocycles. The molecular weight excluding hydrogens is 301 g/mol. The Balaban J connectivity index is 2.29. The molecule has 2 heterocycles. The second-order valence-electron chi connectivity index (χ2n) is 4.16. The van der Waals surface area contributed by atoms with E-state index in [2.05, 4.69) is 15.3 Å². The van der Waals surface area contributed by atoms with Crippen molar-refractivity contribution in [2.24, 2.45) is 5.73 Å². The highest BCUT2D eigenvalue weighted by Gasteiger charge is 2.33. The van der Waals surface area contributed by atoms with E-state index in [1.807, 2.05) is 0 Å². The Labute approximate surface area is 124 Å². The van der Waals surface area contributed by atoms with Gasteiger partial charge in [0.25, 0.3) is 0 Å². The van der Waals surface area contributed by atoms with Gasteiger partial charge in [-0.1, -0.05) is 12.2 Å². The molecule has 110 valence electrons. The van der Waals surface area contributed by atoms with E-state index in [1.54, 1.807) is 24.5 Å². The SMILES string of the molecule is NC(=S)c1ccc(C(F)(F)F)nc1NCc1ccncc1. The predicted molar refractivity (Wildman–Crippen MR) is 76.7 cm³/mol. The van der Waals surface area contributed by atoms with Gasteiger partial charge in [0.05, 0.1) is 5.56 Å². The number of hydrogen-bond donors (Lipinski definition) is 2. The van der Waals surface area contributed by atoms with Gasteiger partial charge in [-0.2, -0.15) is 13.2 Å². The number of rotatable bonds is 4. The van der Waals surface area contributed by atoms with Crippen LogP contribution in [0, 0.1) is 0 Å². The van der Waals surface area contributed by atoms with Crippen LogP contribution in [0.2, 0.25) is 0 Å². The lowest BCUT2D eigenvalue weighted by atomic mass is 10.2. The van der Waals surface area contributed by atoms with E-state index in [9.17, 15) is 13.2 Å². The zero-order valence-electron chi connectivity index (χ0n) is 10.7. The van der Waals surface area contributed by atoms with Crippen molar-refractivity contribution in [3.8, 4) is 0 Å². The number of nitrogens with one attached hydrogen (secondary N) is 1. The fourth-order valence-electron chi connectivity index (χ4n) is 1.64. The molecule has 0 bridgehead atoms. The molecule has 0 unspecified atom stereocenters. The molecule has 0 amide bonds. The predicted octanol–water partition coefficient (Wildman–Crippen LogP) is 2.74. The molecule has 0 atom stereocenters. The van der Waals surface area contributed by atoms with E-state index >= 15 is 0 Å². The number of halogens is 3. The summed E-state index contributed by atoms with van der Waals surface area (Å²) in [5, 5.41) is 2.82. The summed E-state index contributed by atoms with van der Waals surface area (Å²) < 4.78 is 38.1. The molecular formula is C13H11F3N4S. The van der Waals surface area contributed by atoms with E-state index in [4.69, 9.17) is 18.0 Å². The minimum Gasteiger partial charge on any atom is -0.389 e. The summed E-state index contributed by atoms with van der Waals surface area (Å²) >= 11 is 4.82. The zero-order chi connectivity index (χ0) is 15.5. The van der Waals surface area contributed by atoms with Crippen LogP contribution in [0.4, 0.5) is 19.0 Å². The first-order valence-electron chi connectivity index (χ1n) is 5.89. The summed E-state index contributed by atoms with van der Waals surface area (Å²) in [5.74, 6) is 0.00846. The normalized spacial score (nSPS) is 11.2. The number of anilines is 1. The molecule has 4 nitrogen and oxygen atoms in total. The number of nitrogens with two attached hydrogens (primary N) is 1. The average Bonchev–Trinajstić information content (AvgIpc) is 2.45. The molecule has 0 aliphatic rings. The fraction of sp³-hybridized carbons (Fsp3) is 0.154. The van der Waals surface area contributed by atoms with Gasteiger partial charge in [0.1, 0.15) is 16.5 Å². The first kappa shape index (κ1) is 15.2. The van der Waals surface area contributed by atoms with E-state index in [-0.39, 0.29) is 22.9 Å². The highest BCUT2D eigenvalue weighted by Crippen LogP contribution is 2.29. The van der Waals surface area contributed by atoms with Gasteiger partial charge in [-0.15, -0.1) is 0 Å². The van der Waals surface area contributed by atoms with Gasteiger partial charge in [0.15, 0.2) is 0 Å². The Morgan fingerprint density at radius 3 is 2.43 bits per heavy atom. The summed E-state index contributed by atoms with van der Waals surface area (Å²) in [6, 6.07) is 5.54. The monoisotopic (exact) mass is 312 g/mol. The van der Waals surface area contributed by atoms with E-state index in [0.29, 0.717) is 0 Å². The number of thiocarbonyl (C=S) groups is 1. The fourth-order valence-corrected chi connectivity index (χ4v) is 1.80. The maximum atomic E-state index is 12.7. The number of aromatic nitrogens is 2. The molecule has 8 heteroatoms. The van der Waals surface area contributed by atoms with Crippen molar-refractivity contribution in [1.29, 1.82) is 0 Å². The summed E-state index contributed by atoms with van der Waals surface area (Å²) in [6.45, 7) is 0.284. The van der Waals surface area contributed by atoms with Gasteiger partial charge < -0.3 is 11.1 Å². The van der Waals surface area contributed by atoms with Gasteiger partial charge in [0.2, 0.25) is 0 Å². The first-order valence-corrected chi connectivity index (χ1v) is 6.29. The molecule has 0 radical (unpaired) electrons. The van der Waals surface area contributed by atoms with Crippen molar-refractivity contribution in [2.75, 3.05) is 5.32 Å². The van der Waals surface area contributed by atoms with Gasteiger partial charge in [0, 0.05) is 18.9 Å². The standard InChI is InChI=1S/C13H11F3N4S/c14-13(15,16)10-2-1-9(11(17)21)12(20-10)19-7-8-3-5-18-6-4-8/h1-6H,7H2,(H2,17,21)(H,19,20). The lowest BCUT2D eigenvalue weighted by Crippen LogP contribution is -2.17. The Morgan fingerprint density at radius 2 is 1.86 bits per heavy atom. The van der Waals surface area contributed by atoms with Crippen molar-refractivity contribution in [1.82, 2.24) is 9.97 Å². The van der Waals surface area contributed by atoms with Crippen LogP contribution >= 0.6 is 12.2 Å². The molecule has 0 aliphatic carbocycles. The lowest BCUT2D eigenvalue weighted by molar-refractivity contribution is -0.141. The third-order valence-corrected chi connectivity index (χ3v) is 2.88. The summed E-state index contributed by atoms with van der Waals surface area (Å²) in [7, 11) is 0. The smallest absolute Gasteiger partial charge is 0.389 e. The van der Waals surface area contributed by atoms with Crippen LogP contribution in [0.15, 0.2) is 36.7 Å². The van der Waals surface area contributed by atoms with Gasteiger partial charge in [-0.25, -0.2) is 4.98 Å². The number of nitrogens with zero attached hydrogens (tertiary/aromatic N) is 2. The Morgan fingerprint density at radius 1 is 1.19 bits per heavy atom. The molecule has 0 aromatic carbocycles. The molecule has 0 spiro atoms. The molecule has 2 rings (SSSR count). The quantitative estimate of drug-likeness (QED) is 0.850. The van der Waals surface area contributed by atoms with E-state index in [1.165, 1.54) is 6.07 Å². The maximum absolute atomic E-state index is 12.7. The third-order valence-electron chi connectivity index (χ3n) is 2.66. The Kier molecular flexibility index (Phi) is 4.37. The van der Waals surface area contributed by atoms with Gasteiger partial charge >= 0.3 is 6.18 Å². The van der Waals surface area contributed by atoms with Crippen molar-refractivity contribution < 1.29 is 13.2 Å². The van der Waals surface area contributed by atoms with Crippen LogP contribution in [0.3, 0.4) is 0 Å². The molecule has 0 saturated carbocycles. The van der Waals surface area contributed by atoms with Crippen LogP contribution in [0.25, 0.3) is 0 Å². The molecule has 21 heavy (non-hydrogen) atoms. The molecule has 0 saturated heterocycles. The molecule has 2 aromatic rings. The summed E-state index contributed by atoms with van der Waals surface area (Å²) in [4.78, 5) is 7.40. The topological polar surface area (TPSA) is 63.8 Å². The van der Waals surface area contributed by atoms with Crippen LogP contribution in [-0.2, 0) is 12.7 Å². The van der Waals surface area contributed by atoms with Crippen LogP contribution in [-0.4, -0.2) is 15.0 Å². The highest BCUT2D eigenvalue weighted by atomic mass is 32.1. The second kappa shape index (κ2) is 6.04. The Bertz CT molecular complexity index is 644. The minimum atomic E-state index is -4.53. The average molecular weight is 312 g/mol. The maximum Gasteiger partial charge on any atom is 0.433 e. The van der Waals surface area contributed by atoms with Crippen molar-refractivity contribution >= 4 is 23.0 Å². The molecule has 0 fully saturated rings. The number of alkyl halides is 3. The van der Waals surface area contributed by atoms with Crippen LogP contribution in [0.1, 0.15) is 16.8 Å². The third kappa shape index (κ3) is 3.88. The minimum absolute atomic E-state index is 0.00846. The largest absolute Gasteiger partial charge is 0.433 e. The van der Waals surface area contributed by atoms with Crippen LogP contribution < -0.4 is 11.1 Å². The van der Waals surface area contributed by atoms with E-state index < -0.39 is 11.9 Å². The summed E-state index contributed by atoms with van der Waals surface area (Å²) in [6.07, 6.45) is -1.35. The van der Waals surface area contributed by atoms with Gasteiger partial charge in [-0.05, 0) is 29.8 Å². The molecule has 3 N–H and O–H groups in total. The van der Waals surface area contributed by atoms with Crippen molar-refractivity contribution in [2.45, 2.75) is 12.7 Å². The van der Waals surface area contributed by atoms with E-state index in [0.717, 1.165) is 11.6 Å². The summed E-state index contributed by atoms with van der Waals surface area (Å²) in [5.41, 5.74) is 5.62.